The number of aryl methyl sites for hydroxylation is 1. The van der Waals surface area contributed by atoms with Gasteiger partial charge in [-0.05, 0) is 30.7 Å². The summed E-state index contributed by atoms with van der Waals surface area (Å²) in [6, 6.07) is 9.06. The fourth-order valence-corrected chi connectivity index (χ4v) is 2.49. The first-order valence-electron chi connectivity index (χ1n) is 6.00. The highest BCUT2D eigenvalue weighted by molar-refractivity contribution is 6.42. The summed E-state index contributed by atoms with van der Waals surface area (Å²) in [5.74, 6) is 0. The first-order chi connectivity index (χ1) is 9.61. The average Bonchev–Trinajstić information content (AvgIpc) is 2.82. The van der Waals surface area contributed by atoms with Crippen molar-refractivity contribution in [3.63, 3.8) is 0 Å². The standard InChI is InChI=1S/C15H10Cl2N2O/c1-9-3-2-6-19-13(8-20)14(18-15(9)19)10-4-5-11(16)12(17)7-10/h2-8H,1H3. The Morgan fingerprint density at radius 2 is 2.00 bits per heavy atom. The second-order valence-corrected chi connectivity index (χ2v) is 5.29. The van der Waals surface area contributed by atoms with Crippen LogP contribution in [0.2, 0.25) is 10.0 Å². The Hall–Kier alpha value is -1.84. The molecule has 0 aliphatic heterocycles. The highest BCUT2D eigenvalue weighted by Gasteiger charge is 2.15. The van der Waals surface area contributed by atoms with E-state index < -0.39 is 0 Å². The van der Waals surface area contributed by atoms with E-state index in [1.807, 2.05) is 25.3 Å². The topological polar surface area (TPSA) is 34.4 Å². The largest absolute Gasteiger partial charge is 0.297 e. The third kappa shape index (κ3) is 1.99. The van der Waals surface area contributed by atoms with Crippen molar-refractivity contribution in [1.82, 2.24) is 9.38 Å². The van der Waals surface area contributed by atoms with E-state index in [1.54, 1.807) is 22.6 Å². The lowest BCUT2D eigenvalue weighted by atomic mass is 10.1. The maximum atomic E-state index is 11.4. The molecule has 3 rings (SSSR count). The van der Waals surface area contributed by atoms with Gasteiger partial charge in [0.2, 0.25) is 0 Å². The molecule has 1 aromatic carbocycles. The molecular formula is C15H10Cl2N2O. The highest BCUT2D eigenvalue weighted by atomic mass is 35.5. The van der Waals surface area contributed by atoms with Crippen molar-refractivity contribution in [3.8, 4) is 11.3 Å². The normalized spacial score (nSPS) is 10.9. The van der Waals surface area contributed by atoms with Crippen molar-refractivity contribution in [2.45, 2.75) is 6.92 Å². The molecule has 0 atom stereocenters. The van der Waals surface area contributed by atoms with Crippen molar-refractivity contribution in [3.05, 3.63) is 57.8 Å². The van der Waals surface area contributed by atoms with E-state index in [-0.39, 0.29) is 0 Å². The number of aromatic nitrogens is 2. The van der Waals surface area contributed by atoms with Gasteiger partial charge in [-0.15, -0.1) is 0 Å². The van der Waals surface area contributed by atoms with Gasteiger partial charge in [-0.1, -0.05) is 35.3 Å². The molecule has 100 valence electrons. The van der Waals surface area contributed by atoms with E-state index in [0.717, 1.165) is 23.1 Å². The molecule has 0 N–H and O–H groups in total. The fourth-order valence-electron chi connectivity index (χ4n) is 2.19. The van der Waals surface area contributed by atoms with Crippen molar-refractivity contribution < 1.29 is 4.79 Å². The molecule has 0 bridgehead atoms. The lowest BCUT2D eigenvalue weighted by Crippen LogP contribution is -1.92. The first kappa shape index (κ1) is 13.2. The maximum Gasteiger partial charge on any atom is 0.169 e. The predicted molar refractivity (Wildman–Crippen MR) is 80.8 cm³/mol. The number of benzene rings is 1. The molecule has 0 fully saturated rings. The molecule has 0 saturated heterocycles. The van der Waals surface area contributed by atoms with E-state index in [9.17, 15) is 4.79 Å². The summed E-state index contributed by atoms with van der Waals surface area (Å²) in [6.07, 6.45) is 2.62. The summed E-state index contributed by atoms with van der Waals surface area (Å²) in [6.45, 7) is 1.95. The van der Waals surface area contributed by atoms with Crippen LogP contribution in [-0.2, 0) is 0 Å². The monoisotopic (exact) mass is 304 g/mol. The number of hydrogen-bond acceptors (Lipinski definition) is 2. The van der Waals surface area contributed by atoms with Gasteiger partial charge in [-0.3, -0.25) is 9.20 Å². The molecule has 0 aliphatic rings. The summed E-state index contributed by atoms with van der Waals surface area (Å²) >= 11 is 12.0. The van der Waals surface area contributed by atoms with Gasteiger partial charge in [0.1, 0.15) is 17.0 Å². The zero-order valence-electron chi connectivity index (χ0n) is 10.6. The molecule has 0 spiro atoms. The SMILES string of the molecule is Cc1cccn2c(C=O)c(-c3ccc(Cl)c(Cl)c3)nc12. The van der Waals surface area contributed by atoms with Crippen LogP contribution in [-0.4, -0.2) is 15.7 Å². The number of carbonyl (C=O) groups excluding carboxylic acids is 1. The molecule has 2 aromatic heterocycles. The van der Waals surface area contributed by atoms with Gasteiger partial charge in [0.05, 0.1) is 10.0 Å². The van der Waals surface area contributed by atoms with Gasteiger partial charge in [0.25, 0.3) is 0 Å². The van der Waals surface area contributed by atoms with Crippen LogP contribution >= 0.6 is 23.2 Å². The quantitative estimate of drug-likeness (QED) is 0.656. The highest BCUT2D eigenvalue weighted by Crippen LogP contribution is 2.30. The lowest BCUT2D eigenvalue weighted by molar-refractivity contribution is 0.111. The van der Waals surface area contributed by atoms with E-state index in [0.29, 0.717) is 21.4 Å². The molecule has 0 saturated carbocycles. The number of fused-ring (bicyclic) bond motifs is 1. The number of rotatable bonds is 2. The Kier molecular flexibility index (Phi) is 3.24. The minimum atomic E-state index is 0.440. The second-order valence-electron chi connectivity index (χ2n) is 4.48. The Balaban J connectivity index is 2.33. The Morgan fingerprint density at radius 3 is 2.70 bits per heavy atom. The van der Waals surface area contributed by atoms with Crippen molar-refractivity contribution in [1.29, 1.82) is 0 Å². The molecule has 0 unspecified atom stereocenters. The third-order valence-corrected chi connectivity index (χ3v) is 3.93. The molecule has 20 heavy (non-hydrogen) atoms. The number of halogens is 2. The van der Waals surface area contributed by atoms with Crippen LogP contribution in [0, 0.1) is 6.92 Å². The number of pyridine rings is 1. The van der Waals surface area contributed by atoms with E-state index in [4.69, 9.17) is 23.2 Å². The smallest absolute Gasteiger partial charge is 0.169 e. The van der Waals surface area contributed by atoms with Crippen LogP contribution in [0.5, 0.6) is 0 Å². The molecule has 0 aliphatic carbocycles. The van der Waals surface area contributed by atoms with E-state index >= 15 is 0 Å². The Bertz CT molecular complexity index is 824. The van der Waals surface area contributed by atoms with Crippen LogP contribution in [0.4, 0.5) is 0 Å². The first-order valence-corrected chi connectivity index (χ1v) is 6.75. The number of aldehydes is 1. The molecule has 2 heterocycles. The Labute approximate surface area is 125 Å². The lowest BCUT2D eigenvalue weighted by Gasteiger charge is -2.01. The zero-order chi connectivity index (χ0) is 14.3. The fraction of sp³-hybridized carbons (Fsp3) is 0.0667. The minimum absolute atomic E-state index is 0.440. The van der Waals surface area contributed by atoms with Gasteiger partial charge >= 0.3 is 0 Å². The summed E-state index contributed by atoms with van der Waals surface area (Å²) in [4.78, 5) is 16.0. The van der Waals surface area contributed by atoms with Crippen LogP contribution in [0.1, 0.15) is 16.1 Å². The van der Waals surface area contributed by atoms with Crippen LogP contribution < -0.4 is 0 Å². The van der Waals surface area contributed by atoms with Gasteiger partial charge in [-0.25, -0.2) is 4.98 Å². The maximum absolute atomic E-state index is 11.4. The Morgan fingerprint density at radius 1 is 1.20 bits per heavy atom. The minimum Gasteiger partial charge on any atom is -0.297 e. The van der Waals surface area contributed by atoms with Gasteiger partial charge in [-0.2, -0.15) is 0 Å². The molecule has 3 aromatic rings. The van der Waals surface area contributed by atoms with Gasteiger partial charge in [0, 0.05) is 11.8 Å². The van der Waals surface area contributed by atoms with Crippen molar-refractivity contribution in [2.24, 2.45) is 0 Å². The summed E-state index contributed by atoms with van der Waals surface area (Å²) in [7, 11) is 0. The van der Waals surface area contributed by atoms with Crippen molar-refractivity contribution >= 4 is 35.1 Å². The summed E-state index contributed by atoms with van der Waals surface area (Å²) in [5, 5.41) is 0.915. The summed E-state index contributed by atoms with van der Waals surface area (Å²) < 4.78 is 1.78. The van der Waals surface area contributed by atoms with Crippen LogP contribution in [0.3, 0.4) is 0 Å². The van der Waals surface area contributed by atoms with Crippen LogP contribution in [0.25, 0.3) is 16.9 Å². The number of carbonyl (C=O) groups is 1. The number of hydrogen-bond donors (Lipinski definition) is 0. The molecule has 5 heteroatoms. The summed E-state index contributed by atoms with van der Waals surface area (Å²) in [5.41, 5.74) is 3.64. The molecular weight excluding hydrogens is 295 g/mol. The number of imidazole rings is 1. The van der Waals surface area contributed by atoms with Crippen LogP contribution in [0.15, 0.2) is 36.5 Å². The van der Waals surface area contributed by atoms with Gasteiger partial charge < -0.3 is 0 Å². The second kappa shape index (κ2) is 4.93. The predicted octanol–water partition coefficient (Wildman–Crippen LogP) is 4.43. The van der Waals surface area contributed by atoms with E-state index in [1.165, 1.54) is 0 Å². The molecule has 0 radical (unpaired) electrons. The van der Waals surface area contributed by atoms with Crippen molar-refractivity contribution in [2.75, 3.05) is 0 Å². The van der Waals surface area contributed by atoms with Gasteiger partial charge in [0.15, 0.2) is 6.29 Å². The average molecular weight is 305 g/mol. The molecule has 3 nitrogen and oxygen atoms in total. The number of nitrogens with zero attached hydrogens (tertiary/aromatic N) is 2. The molecule has 0 amide bonds. The zero-order valence-corrected chi connectivity index (χ0v) is 12.1. The third-order valence-electron chi connectivity index (χ3n) is 3.19. The van der Waals surface area contributed by atoms with E-state index in [2.05, 4.69) is 4.98 Å².